The Morgan fingerprint density at radius 3 is 2.36 bits per heavy atom. The number of benzene rings is 1. The van der Waals surface area contributed by atoms with Crippen molar-refractivity contribution in [1.29, 1.82) is 0 Å². The molecule has 2 aromatic rings. The van der Waals surface area contributed by atoms with Crippen molar-refractivity contribution in [3.05, 3.63) is 69.6 Å². The average Bonchev–Trinajstić information content (AvgIpc) is 2.54. The summed E-state index contributed by atoms with van der Waals surface area (Å²) in [7, 11) is 0. The maximum Gasteiger partial charge on any atom is 0.431 e. The Morgan fingerprint density at radius 1 is 1.16 bits per heavy atom. The van der Waals surface area contributed by atoms with Crippen LogP contribution in [0.5, 0.6) is 0 Å². The molecule has 0 saturated carbocycles. The predicted octanol–water partition coefficient (Wildman–Crippen LogP) is 1.96. The van der Waals surface area contributed by atoms with E-state index in [1.54, 1.807) is 0 Å². The Bertz CT molecular complexity index is 801. The fourth-order valence-corrected chi connectivity index (χ4v) is 2.47. The molecule has 5 nitrogen and oxygen atoms in total. The van der Waals surface area contributed by atoms with Gasteiger partial charge in [0.15, 0.2) is 0 Å². The number of carbonyl (C=O) groups is 1. The molecular formula is C17H17F3N2O3. The van der Waals surface area contributed by atoms with Crippen LogP contribution in [0.2, 0.25) is 0 Å². The molecule has 1 atom stereocenters. The van der Waals surface area contributed by atoms with Gasteiger partial charge in [-0.25, -0.2) is 0 Å². The second-order valence-electron chi connectivity index (χ2n) is 5.59. The van der Waals surface area contributed by atoms with Crippen molar-refractivity contribution in [3.63, 3.8) is 0 Å². The normalized spacial score (nSPS) is 12.8. The van der Waals surface area contributed by atoms with Crippen LogP contribution in [0.4, 0.5) is 13.2 Å². The third-order valence-electron chi connectivity index (χ3n) is 3.73. The van der Waals surface area contributed by atoms with E-state index in [0.29, 0.717) is 17.1 Å². The lowest BCUT2D eigenvalue weighted by molar-refractivity contribution is -0.144. The van der Waals surface area contributed by atoms with Gasteiger partial charge in [-0.15, -0.1) is 0 Å². The van der Waals surface area contributed by atoms with Crippen molar-refractivity contribution in [2.24, 2.45) is 5.73 Å². The maximum atomic E-state index is 13.1. The van der Waals surface area contributed by atoms with Gasteiger partial charge < -0.3 is 15.4 Å². The Hall–Kier alpha value is -2.61. The number of aliphatic hydroxyl groups is 1. The summed E-state index contributed by atoms with van der Waals surface area (Å²) in [5, 5.41) is 10.1. The molecule has 0 aliphatic heterocycles. The van der Waals surface area contributed by atoms with Gasteiger partial charge in [-0.3, -0.25) is 9.59 Å². The quantitative estimate of drug-likeness (QED) is 0.832. The highest BCUT2D eigenvalue weighted by atomic mass is 19.4. The molecule has 8 heteroatoms. The molecule has 2 rings (SSSR count). The van der Waals surface area contributed by atoms with E-state index in [1.807, 2.05) is 30.3 Å². The van der Waals surface area contributed by atoms with E-state index in [9.17, 15) is 27.9 Å². The van der Waals surface area contributed by atoms with Crippen LogP contribution in [0, 0.1) is 0 Å². The summed E-state index contributed by atoms with van der Waals surface area (Å²) in [5.74, 6) is -1.12. The number of halogens is 3. The molecule has 1 heterocycles. The number of aliphatic hydroxyl groups excluding tert-OH is 1. The summed E-state index contributed by atoms with van der Waals surface area (Å²) < 4.78 is 39.7. The number of aromatic nitrogens is 1. The Morgan fingerprint density at radius 2 is 1.80 bits per heavy atom. The van der Waals surface area contributed by atoms with Crippen molar-refractivity contribution in [2.45, 2.75) is 31.7 Å². The Kier molecular flexibility index (Phi) is 5.63. The number of alkyl halides is 3. The third-order valence-corrected chi connectivity index (χ3v) is 3.73. The third kappa shape index (κ3) is 4.69. The van der Waals surface area contributed by atoms with Crippen LogP contribution in [0.25, 0.3) is 0 Å². The molecule has 1 aromatic heterocycles. The summed E-state index contributed by atoms with van der Waals surface area (Å²) >= 11 is 0. The van der Waals surface area contributed by atoms with Crippen molar-refractivity contribution in [3.8, 4) is 0 Å². The number of nitrogens with zero attached hydrogens (tertiary/aromatic N) is 1. The minimum atomic E-state index is -4.80. The highest BCUT2D eigenvalue weighted by Crippen LogP contribution is 2.28. The molecule has 1 amide bonds. The van der Waals surface area contributed by atoms with E-state index in [2.05, 4.69) is 0 Å². The van der Waals surface area contributed by atoms with Gasteiger partial charge in [0.2, 0.25) is 0 Å². The minimum Gasteiger partial charge on any atom is -0.391 e. The van der Waals surface area contributed by atoms with E-state index in [0.717, 1.165) is 11.6 Å². The molecule has 0 aliphatic rings. The monoisotopic (exact) mass is 354 g/mol. The van der Waals surface area contributed by atoms with Crippen LogP contribution < -0.4 is 11.3 Å². The van der Waals surface area contributed by atoms with Crippen LogP contribution in [-0.2, 0) is 19.1 Å². The Balaban J connectivity index is 2.25. The van der Waals surface area contributed by atoms with E-state index < -0.39 is 41.5 Å². The lowest BCUT2D eigenvalue weighted by Gasteiger charge is -2.19. The van der Waals surface area contributed by atoms with Gasteiger partial charge in [-0.1, -0.05) is 30.3 Å². The summed E-state index contributed by atoms with van der Waals surface area (Å²) in [5.41, 5.74) is 2.97. The first-order chi connectivity index (χ1) is 11.7. The summed E-state index contributed by atoms with van der Waals surface area (Å²) in [6.45, 7) is -0.582. The van der Waals surface area contributed by atoms with Gasteiger partial charge in [0.25, 0.3) is 11.5 Å². The second-order valence-corrected chi connectivity index (χ2v) is 5.59. The first-order valence-corrected chi connectivity index (χ1v) is 7.53. The lowest BCUT2D eigenvalue weighted by Crippen LogP contribution is -2.36. The van der Waals surface area contributed by atoms with Crippen molar-refractivity contribution >= 4 is 5.91 Å². The highest BCUT2D eigenvalue weighted by Gasteiger charge is 2.35. The SMILES string of the molecule is NC(=O)c1ccc(C(F)(F)F)n(CC(O)CCc2ccccc2)c1=O. The van der Waals surface area contributed by atoms with Crippen molar-refractivity contribution in [1.82, 2.24) is 4.57 Å². The number of amides is 1. The molecule has 134 valence electrons. The van der Waals surface area contributed by atoms with Crippen LogP contribution in [0.3, 0.4) is 0 Å². The first kappa shape index (κ1) is 18.7. The van der Waals surface area contributed by atoms with Crippen LogP contribution in [-0.4, -0.2) is 21.7 Å². The minimum absolute atomic E-state index is 0.161. The molecule has 1 aromatic carbocycles. The number of nitrogens with two attached hydrogens (primary N) is 1. The summed E-state index contributed by atoms with van der Waals surface area (Å²) in [6.07, 6.45) is -5.39. The zero-order valence-corrected chi connectivity index (χ0v) is 13.2. The molecule has 0 saturated heterocycles. The second kappa shape index (κ2) is 7.52. The van der Waals surface area contributed by atoms with Crippen LogP contribution in [0.1, 0.15) is 28.0 Å². The molecule has 0 radical (unpaired) electrons. The smallest absolute Gasteiger partial charge is 0.391 e. The molecule has 3 N–H and O–H groups in total. The molecule has 25 heavy (non-hydrogen) atoms. The zero-order chi connectivity index (χ0) is 18.6. The fourth-order valence-electron chi connectivity index (χ4n) is 2.47. The predicted molar refractivity (Wildman–Crippen MR) is 85.0 cm³/mol. The van der Waals surface area contributed by atoms with Crippen molar-refractivity contribution < 1.29 is 23.1 Å². The standard InChI is InChI=1S/C17H17F3N2O3/c18-17(19,20)14-9-8-13(15(21)24)16(25)22(14)10-12(23)7-6-11-4-2-1-3-5-11/h1-5,8-9,12,23H,6-7,10H2,(H2,21,24). The number of rotatable bonds is 6. The number of pyridine rings is 1. The molecule has 1 unspecified atom stereocenters. The first-order valence-electron chi connectivity index (χ1n) is 7.53. The van der Waals surface area contributed by atoms with Crippen LogP contribution >= 0.6 is 0 Å². The van der Waals surface area contributed by atoms with E-state index in [-0.39, 0.29) is 6.42 Å². The number of aryl methyl sites for hydroxylation is 1. The summed E-state index contributed by atoms with van der Waals surface area (Å²) in [4.78, 5) is 23.3. The van der Waals surface area contributed by atoms with E-state index >= 15 is 0 Å². The van der Waals surface area contributed by atoms with Gasteiger partial charge >= 0.3 is 6.18 Å². The van der Waals surface area contributed by atoms with Gasteiger partial charge in [-0.05, 0) is 30.5 Å². The highest BCUT2D eigenvalue weighted by molar-refractivity contribution is 5.92. The number of primary amides is 1. The molecule has 0 spiro atoms. The van der Waals surface area contributed by atoms with E-state index in [1.165, 1.54) is 0 Å². The van der Waals surface area contributed by atoms with Gasteiger partial charge in [0.1, 0.15) is 11.3 Å². The topological polar surface area (TPSA) is 85.3 Å². The Labute approximate surface area is 141 Å². The largest absolute Gasteiger partial charge is 0.431 e. The molecule has 0 fully saturated rings. The number of hydrogen-bond donors (Lipinski definition) is 2. The molecular weight excluding hydrogens is 337 g/mol. The van der Waals surface area contributed by atoms with Gasteiger partial charge in [0.05, 0.1) is 12.6 Å². The van der Waals surface area contributed by atoms with Gasteiger partial charge in [-0.2, -0.15) is 13.2 Å². The number of carbonyl (C=O) groups excluding carboxylic acids is 1. The van der Waals surface area contributed by atoms with Gasteiger partial charge in [0, 0.05) is 0 Å². The average molecular weight is 354 g/mol. The maximum absolute atomic E-state index is 13.1. The fraction of sp³-hybridized carbons (Fsp3) is 0.294. The molecule has 0 aliphatic carbocycles. The van der Waals surface area contributed by atoms with E-state index in [4.69, 9.17) is 5.73 Å². The lowest BCUT2D eigenvalue weighted by atomic mass is 10.1. The zero-order valence-electron chi connectivity index (χ0n) is 13.2. The van der Waals surface area contributed by atoms with Crippen LogP contribution in [0.15, 0.2) is 47.3 Å². The summed E-state index contributed by atoms with van der Waals surface area (Å²) in [6, 6.07) is 10.5. The molecule has 0 bridgehead atoms. The number of hydrogen-bond acceptors (Lipinski definition) is 3. The van der Waals surface area contributed by atoms with Crippen molar-refractivity contribution in [2.75, 3.05) is 0 Å².